The van der Waals surface area contributed by atoms with Crippen LogP contribution in [0.4, 0.5) is 0 Å². The molecule has 0 aliphatic rings. The van der Waals surface area contributed by atoms with E-state index in [0.29, 0.717) is 0 Å². The Balaban J connectivity index is 2.04. The number of H-pyrrole nitrogens is 1. The summed E-state index contributed by atoms with van der Waals surface area (Å²) in [5.41, 5.74) is 9.40. The highest BCUT2D eigenvalue weighted by molar-refractivity contribution is 5.26. The molecule has 1 heterocycles. The molecule has 0 saturated heterocycles. The summed E-state index contributed by atoms with van der Waals surface area (Å²) in [7, 11) is 0. The maximum absolute atomic E-state index is 5.50. The first kappa shape index (κ1) is 9.99. The molecule has 0 saturated carbocycles. The Bertz CT molecular complexity index is 387. The van der Waals surface area contributed by atoms with E-state index in [9.17, 15) is 0 Å². The highest BCUT2D eigenvalue weighted by atomic mass is 14.7. The van der Waals surface area contributed by atoms with Crippen molar-refractivity contribution in [3.05, 3.63) is 59.4 Å². The van der Waals surface area contributed by atoms with Crippen LogP contribution >= 0.6 is 0 Å². The smallest absolute Gasteiger partial charge is 0.0191 e. The molecule has 2 nitrogen and oxygen atoms in total. The minimum Gasteiger partial charge on any atom is -0.365 e. The Morgan fingerprint density at radius 3 is 2.33 bits per heavy atom. The normalized spacial score (nSPS) is 10.5. The second-order valence-electron chi connectivity index (χ2n) is 3.73. The molecule has 2 heteroatoms. The van der Waals surface area contributed by atoms with E-state index < -0.39 is 0 Å². The van der Waals surface area contributed by atoms with Crippen molar-refractivity contribution < 1.29 is 0 Å². The fraction of sp³-hybridized carbons (Fsp3) is 0.231. The van der Waals surface area contributed by atoms with Crippen LogP contribution in [0.1, 0.15) is 16.8 Å². The topological polar surface area (TPSA) is 41.8 Å². The average molecular weight is 200 g/mol. The summed E-state index contributed by atoms with van der Waals surface area (Å²) in [5.74, 6) is 0. The number of rotatable bonds is 4. The van der Waals surface area contributed by atoms with Crippen LogP contribution in [0.2, 0.25) is 0 Å². The molecule has 0 aliphatic carbocycles. The lowest BCUT2D eigenvalue weighted by Crippen LogP contribution is -2.02. The SMILES string of the molecule is NCCc1ccc(Cc2ccc[nH]2)cc1. The van der Waals surface area contributed by atoms with E-state index >= 15 is 0 Å². The van der Waals surface area contributed by atoms with Crippen LogP contribution in [-0.2, 0) is 12.8 Å². The summed E-state index contributed by atoms with van der Waals surface area (Å²) in [4.78, 5) is 3.21. The Hall–Kier alpha value is -1.54. The Morgan fingerprint density at radius 2 is 1.73 bits per heavy atom. The fourth-order valence-electron chi connectivity index (χ4n) is 1.69. The van der Waals surface area contributed by atoms with Gasteiger partial charge in [-0.2, -0.15) is 0 Å². The Kier molecular flexibility index (Phi) is 3.20. The highest BCUT2D eigenvalue weighted by Gasteiger charge is 1.97. The lowest BCUT2D eigenvalue weighted by Gasteiger charge is -2.02. The van der Waals surface area contributed by atoms with Crippen molar-refractivity contribution in [2.24, 2.45) is 5.73 Å². The van der Waals surface area contributed by atoms with Crippen LogP contribution in [0, 0.1) is 0 Å². The molecule has 0 unspecified atom stereocenters. The van der Waals surface area contributed by atoms with Gasteiger partial charge in [-0.3, -0.25) is 0 Å². The van der Waals surface area contributed by atoms with Crippen molar-refractivity contribution in [1.82, 2.24) is 4.98 Å². The van der Waals surface area contributed by atoms with Crippen LogP contribution < -0.4 is 5.73 Å². The highest BCUT2D eigenvalue weighted by Crippen LogP contribution is 2.09. The number of hydrogen-bond donors (Lipinski definition) is 2. The third-order valence-electron chi connectivity index (χ3n) is 2.51. The Labute approximate surface area is 90.1 Å². The number of benzene rings is 1. The average Bonchev–Trinajstić information content (AvgIpc) is 2.74. The predicted octanol–water partition coefficient (Wildman–Crippen LogP) is 2.11. The van der Waals surface area contributed by atoms with E-state index in [-0.39, 0.29) is 0 Å². The first-order valence-corrected chi connectivity index (χ1v) is 5.28. The van der Waals surface area contributed by atoms with Crippen LogP contribution in [-0.4, -0.2) is 11.5 Å². The maximum Gasteiger partial charge on any atom is 0.0191 e. The van der Waals surface area contributed by atoms with Crippen molar-refractivity contribution >= 4 is 0 Å². The first-order valence-electron chi connectivity index (χ1n) is 5.28. The molecular weight excluding hydrogens is 184 g/mol. The minimum atomic E-state index is 0.718. The second-order valence-corrected chi connectivity index (χ2v) is 3.73. The van der Waals surface area contributed by atoms with Gasteiger partial charge in [0.2, 0.25) is 0 Å². The molecule has 0 bridgehead atoms. The first-order chi connectivity index (χ1) is 7.38. The number of aromatic amines is 1. The van der Waals surface area contributed by atoms with Gasteiger partial charge in [-0.25, -0.2) is 0 Å². The molecule has 78 valence electrons. The van der Waals surface area contributed by atoms with E-state index in [1.807, 2.05) is 12.3 Å². The molecule has 0 aliphatic heterocycles. The predicted molar refractivity (Wildman–Crippen MR) is 62.8 cm³/mol. The standard InChI is InChI=1S/C13H16N2/c14-8-7-11-3-5-12(6-4-11)10-13-2-1-9-15-13/h1-6,9,15H,7-8,10,14H2. The minimum absolute atomic E-state index is 0.718. The van der Waals surface area contributed by atoms with Gasteiger partial charge in [-0.1, -0.05) is 24.3 Å². The molecule has 2 aromatic rings. The number of aromatic nitrogens is 1. The third kappa shape index (κ3) is 2.70. The van der Waals surface area contributed by atoms with Crippen molar-refractivity contribution in [2.45, 2.75) is 12.8 Å². The fourth-order valence-corrected chi connectivity index (χ4v) is 1.69. The van der Waals surface area contributed by atoms with Gasteiger partial charge >= 0.3 is 0 Å². The van der Waals surface area contributed by atoms with E-state index in [2.05, 4.69) is 35.3 Å². The van der Waals surface area contributed by atoms with Crippen molar-refractivity contribution in [3.63, 3.8) is 0 Å². The number of hydrogen-bond acceptors (Lipinski definition) is 1. The molecule has 0 spiro atoms. The van der Waals surface area contributed by atoms with Crippen LogP contribution in [0.15, 0.2) is 42.6 Å². The number of nitrogens with two attached hydrogens (primary N) is 1. The zero-order valence-corrected chi connectivity index (χ0v) is 8.74. The summed E-state index contributed by atoms with van der Waals surface area (Å²) in [5, 5.41) is 0. The van der Waals surface area contributed by atoms with Crippen LogP contribution in [0.3, 0.4) is 0 Å². The van der Waals surface area contributed by atoms with Gasteiger partial charge < -0.3 is 10.7 Å². The quantitative estimate of drug-likeness (QED) is 0.779. The summed E-state index contributed by atoms with van der Waals surface area (Å²) >= 11 is 0. The van der Waals surface area contributed by atoms with Crippen molar-refractivity contribution in [3.8, 4) is 0 Å². The summed E-state index contributed by atoms with van der Waals surface area (Å²) in [6, 6.07) is 12.8. The van der Waals surface area contributed by atoms with E-state index in [1.54, 1.807) is 0 Å². The molecule has 0 atom stereocenters. The van der Waals surface area contributed by atoms with Crippen LogP contribution in [0.5, 0.6) is 0 Å². The summed E-state index contributed by atoms with van der Waals surface area (Å²) in [6.07, 6.45) is 3.89. The molecule has 1 aromatic carbocycles. The summed E-state index contributed by atoms with van der Waals surface area (Å²) in [6.45, 7) is 0.718. The van der Waals surface area contributed by atoms with Crippen LogP contribution in [0.25, 0.3) is 0 Å². The third-order valence-corrected chi connectivity index (χ3v) is 2.51. The lowest BCUT2D eigenvalue weighted by atomic mass is 10.1. The summed E-state index contributed by atoms with van der Waals surface area (Å²) < 4.78 is 0. The van der Waals surface area contributed by atoms with Crippen molar-refractivity contribution in [2.75, 3.05) is 6.54 Å². The molecule has 3 N–H and O–H groups in total. The maximum atomic E-state index is 5.50. The van der Waals surface area contributed by atoms with Gasteiger partial charge in [0.1, 0.15) is 0 Å². The molecule has 15 heavy (non-hydrogen) atoms. The molecule has 0 amide bonds. The molecule has 0 fully saturated rings. The van der Waals surface area contributed by atoms with Crippen molar-refractivity contribution in [1.29, 1.82) is 0 Å². The Morgan fingerprint density at radius 1 is 1.00 bits per heavy atom. The zero-order valence-electron chi connectivity index (χ0n) is 8.74. The number of nitrogens with one attached hydrogen (secondary N) is 1. The van der Waals surface area contributed by atoms with E-state index in [0.717, 1.165) is 19.4 Å². The van der Waals surface area contributed by atoms with Gasteiger partial charge in [0, 0.05) is 18.3 Å². The molecule has 2 rings (SSSR count). The zero-order chi connectivity index (χ0) is 10.5. The van der Waals surface area contributed by atoms with Gasteiger partial charge in [-0.15, -0.1) is 0 Å². The van der Waals surface area contributed by atoms with Gasteiger partial charge in [0.25, 0.3) is 0 Å². The van der Waals surface area contributed by atoms with Gasteiger partial charge in [0.05, 0.1) is 0 Å². The van der Waals surface area contributed by atoms with E-state index in [1.165, 1.54) is 16.8 Å². The second kappa shape index (κ2) is 4.80. The lowest BCUT2D eigenvalue weighted by molar-refractivity contribution is 0.966. The molecule has 0 radical (unpaired) electrons. The van der Waals surface area contributed by atoms with Gasteiger partial charge in [0.15, 0.2) is 0 Å². The largest absolute Gasteiger partial charge is 0.365 e. The molecular formula is C13H16N2. The van der Waals surface area contributed by atoms with E-state index in [4.69, 9.17) is 5.73 Å². The van der Waals surface area contributed by atoms with Gasteiger partial charge in [-0.05, 0) is 36.2 Å². The monoisotopic (exact) mass is 200 g/mol. The molecule has 1 aromatic heterocycles.